The molecule has 3 aromatic rings. The van der Waals surface area contributed by atoms with Gasteiger partial charge >= 0.3 is 0 Å². The average molecular weight is 521 g/mol. The van der Waals surface area contributed by atoms with Gasteiger partial charge in [-0.15, -0.1) is 12.4 Å². The van der Waals surface area contributed by atoms with Crippen LogP contribution in [0.2, 0.25) is 5.02 Å². The molecule has 1 atom stereocenters. The molecule has 0 radical (unpaired) electrons. The van der Waals surface area contributed by atoms with Gasteiger partial charge in [0.25, 0.3) is 0 Å². The van der Waals surface area contributed by atoms with Gasteiger partial charge in [-0.3, -0.25) is 0 Å². The fourth-order valence-electron chi connectivity index (χ4n) is 5.19. The van der Waals surface area contributed by atoms with Gasteiger partial charge in [-0.05, 0) is 76.9 Å². The topological polar surface area (TPSA) is 66.6 Å². The van der Waals surface area contributed by atoms with Gasteiger partial charge in [0, 0.05) is 44.3 Å². The van der Waals surface area contributed by atoms with E-state index in [0.717, 1.165) is 43.2 Å². The van der Waals surface area contributed by atoms with Crippen molar-refractivity contribution in [1.82, 2.24) is 9.21 Å². The minimum atomic E-state index is -3.50. The number of nitrogens with zero attached hydrogens (tertiary/aromatic N) is 2. The number of hydrogen-bond donors (Lipinski definition) is 1. The quantitative estimate of drug-likeness (QED) is 0.539. The smallest absolute Gasteiger partial charge is 0.243 e. The molecule has 8 heteroatoms. The molecule has 1 unspecified atom stereocenters. The van der Waals surface area contributed by atoms with Gasteiger partial charge in [0.2, 0.25) is 10.0 Å². The number of sulfonamides is 1. The Kier molecular flexibility index (Phi) is 7.87. The lowest BCUT2D eigenvalue weighted by atomic mass is 9.83. The maximum Gasteiger partial charge on any atom is 0.243 e. The first-order chi connectivity index (χ1) is 15.9. The van der Waals surface area contributed by atoms with Gasteiger partial charge in [0.1, 0.15) is 0 Å². The highest BCUT2D eigenvalue weighted by molar-refractivity contribution is 7.89. The zero-order chi connectivity index (χ0) is 23.0. The summed E-state index contributed by atoms with van der Waals surface area (Å²) in [6, 6.07) is 17.4. The van der Waals surface area contributed by atoms with Crippen molar-refractivity contribution >= 4 is 44.8 Å². The molecule has 3 aromatic carbocycles. The first-order valence-electron chi connectivity index (χ1n) is 11.6. The van der Waals surface area contributed by atoms with Gasteiger partial charge < -0.3 is 10.6 Å². The molecule has 0 aromatic heterocycles. The number of benzene rings is 3. The highest BCUT2D eigenvalue weighted by Crippen LogP contribution is 2.28. The SMILES string of the molecule is Cl.NCc1ccc2c(c1)CCC(CN1CCN(S(=O)(=O)c3ccc4cc(Cl)ccc4c3)CC1)C2. The molecule has 2 aliphatic rings. The van der Waals surface area contributed by atoms with E-state index in [2.05, 4.69) is 23.1 Å². The molecular weight excluding hydrogens is 489 g/mol. The van der Waals surface area contributed by atoms with Gasteiger partial charge in [0.05, 0.1) is 4.90 Å². The van der Waals surface area contributed by atoms with Crippen LogP contribution in [0.25, 0.3) is 10.8 Å². The van der Waals surface area contributed by atoms with Crippen molar-refractivity contribution in [3.05, 3.63) is 76.3 Å². The summed E-state index contributed by atoms with van der Waals surface area (Å²) in [7, 11) is -3.50. The van der Waals surface area contributed by atoms with Gasteiger partial charge in [-0.2, -0.15) is 4.31 Å². The Labute approximate surface area is 213 Å². The average Bonchev–Trinajstić information content (AvgIpc) is 2.83. The van der Waals surface area contributed by atoms with Crippen LogP contribution in [0.3, 0.4) is 0 Å². The van der Waals surface area contributed by atoms with E-state index in [4.69, 9.17) is 17.3 Å². The van der Waals surface area contributed by atoms with Crippen molar-refractivity contribution < 1.29 is 8.42 Å². The van der Waals surface area contributed by atoms with Crippen molar-refractivity contribution in [2.24, 2.45) is 11.7 Å². The van der Waals surface area contributed by atoms with Crippen molar-refractivity contribution in [3.8, 4) is 0 Å². The zero-order valence-corrected chi connectivity index (χ0v) is 21.5. The molecule has 34 heavy (non-hydrogen) atoms. The first-order valence-corrected chi connectivity index (χ1v) is 13.5. The van der Waals surface area contributed by atoms with Crippen molar-refractivity contribution in [3.63, 3.8) is 0 Å². The number of aryl methyl sites for hydroxylation is 1. The highest BCUT2D eigenvalue weighted by Gasteiger charge is 2.30. The predicted molar refractivity (Wildman–Crippen MR) is 141 cm³/mol. The monoisotopic (exact) mass is 519 g/mol. The number of fused-ring (bicyclic) bond motifs is 2. The van der Waals surface area contributed by atoms with Crippen LogP contribution in [0, 0.1) is 5.92 Å². The summed E-state index contributed by atoms with van der Waals surface area (Å²) in [6.45, 7) is 4.24. The predicted octanol–water partition coefficient (Wildman–Crippen LogP) is 4.49. The summed E-state index contributed by atoms with van der Waals surface area (Å²) in [5, 5.41) is 2.48. The van der Waals surface area contributed by atoms with E-state index >= 15 is 0 Å². The van der Waals surface area contributed by atoms with E-state index in [1.54, 1.807) is 22.5 Å². The van der Waals surface area contributed by atoms with Crippen LogP contribution in [-0.2, 0) is 29.4 Å². The molecule has 0 saturated carbocycles. The normalized spacial score (nSPS) is 19.5. The lowest BCUT2D eigenvalue weighted by Gasteiger charge is -2.37. The van der Waals surface area contributed by atoms with Crippen LogP contribution in [0.1, 0.15) is 23.1 Å². The van der Waals surface area contributed by atoms with Crippen LogP contribution in [-0.4, -0.2) is 50.3 Å². The molecule has 0 amide bonds. The van der Waals surface area contributed by atoms with E-state index in [1.807, 2.05) is 18.2 Å². The van der Waals surface area contributed by atoms with Crippen molar-refractivity contribution in [1.29, 1.82) is 0 Å². The molecule has 5 rings (SSSR count). The summed E-state index contributed by atoms with van der Waals surface area (Å²) in [5.41, 5.74) is 9.89. The second-order valence-electron chi connectivity index (χ2n) is 9.27. The second-order valence-corrected chi connectivity index (χ2v) is 11.6. The standard InChI is InChI=1S/C26H30ClN3O2S.ClH/c27-25-7-5-24-16-26(8-6-23(24)15-25)33(31,32)30-11-9-29(10-12-30)18-20-2-4-21-13-19(17-28)1-3-22(21)14-20;/h1,3,5-8,13,15-16,20H,2,4,9-12,14,17-18,28H2;1H. The van der Waals surface area contributed by atoms with Crippen LogP contribution in [0.15, 0.2) is 59.5 Å². The van der Waals surface area contributed by atoms with E-state index < -0.39 is 10.0 Å². The summed E-state index contributed by atoms with van der Waals surface area (Å²) in [4.78, 5) is 2.78. The Morgan fingerprint density at radius 1 is 0.912 bits per heavy atom. The molecule has 2 N–H and O–H groups in total. The molecule has 0 bridgehead atoms. The Balaban J connectivity index is 0.00000274. The zero-order valence-electron chi connectivity index (χ0n) is 19.1. The van der Waals surface area contributed by atoms with Crippen LogP contribution < -0.4 is 5.73 Å². The molecule has 182 valence electrons. The third kappa shape index (κ3) is 5.27. The Morgan fingerprint density at radius 2 is 1.65 bits per heavy atom. The van der Waals surface area contributed by atoms with Crippen molar-refractivity contribution in [2.45, 2.75) is 30.7 Å². The number of nitrogens with two attached hydrogens (primary N) is 1. The molecule has 1 saturated heterocycles. The van der Waals surface area contributed by atoms with Crippen LogP contribution in [0.5, 0.6) is 0 Å². The molecule has 1 aliphatic carbocycles. The van der Waals surface area contributed by atoms with Crippen molar-refractivity contribution in [2.75, 3.05) is 32.7 Å². The Morgan fingerprint density at radius 3 is 2.41 bits per heavy atom. The molecule has 0 spiro atoms. The van der Waals surface area contributed by atoms with E-state index in [0.29, 0.717) is 35.5 Å². The molecule has 1 aliphatic heterocycles. The van der Waals surface area contributed by atoms with E-state index in [1.165, 1.54) is 23.1 Å². The largest absolute Gasteiger partial charge is 0.326 e. The first kappa shape index (κ1) is 25.4. The highest BCUT2D eigenvalue weighted by atomic mass is 35.5. The van der Waals surface area contributed by atoms with Crippen LogP contribution in [0.4, 0.5) is 0 Å². The van der Waals surface area contributed by atoms with Gasteiger partial charge in [-0.1, -0.05) is 41.9 Å². The lowest BCUT2D eigenvalue weighted by molar-refractivity contribution is 0.159. The lowest BCUT2D eigenvalue weighted by Crippen LogP contribution is -2.50. The van der Waals surface area contributed by atoms with Gasteiger partial charge in [0.15, 0.2) is 0 Å². The molecule has 1 fully saturated rings. The fourth-order valence-corrected chi connectivity index (χ4v) is 6.83. The molecule has 5 nitrogen and oxygen atoms in total. The number of rotatable bonds is 5. The van der Waals surface area contributed by atoms with E-state index in [-0.39, 0.29) is 12.4 Å². The Bertz CT molecular complexity index is 1270. The summed E-state index contributed by atoms with van der Waals surface area (Å²) in [6.07, 6.45) is 3.38. The number of piperazine rings is 1. The minimum absolute atomic E-state index is 0. The second kappa shape index (κ2) is 10.5. The molecular formula is C26H31Cl2N3O2S. The summed E-state index contributed by atoms with van der Waals surface area (Å²) >= 11 is 6.06. The van der Waals surface area contributed by atoms with E-state index in [9.17, 15) is 8.42 Å². The number of hydrogen-bond acceptors (Lipinski definition) is 4. The Hall–Kier alpha value is -1.67. The third-order valence-electron chi connectivity index (χ3n) is 7.10. The third-order valence-corrected chi connectivity index (χ3v) is 9.23. The summed E-state index contributed by atoms with van der Waals surface area (Å²) in [5.74, 6) is 0.622. The maximum atomic E-state index is 13.3. The van der Waals surface area contributed by atoms with Gasteiger partial charge in [-0.25, -0.2) is 8.42 Å². The summed E-state index contributed by atoms with van der Waals surface area (Å²) < 4.78 is 28.1. The van der Waals surface area contributed by atoms with Crippen LogP contribution >= 0.6 is 24.0 Å². The fraction of sp³-hybridized carbons (Fsp3) is 0.385. The molecule has 1 heterocycles. The minimum Gasteiger partial charge on any atom is -0.326 e. The number of halogens is 2. The maximum absolute atomic E-state index is 13.3.